The van der Waals surface area contributed by atoms with Gasteiger partial charge in [0.2, 0.25) is 5.91 Å². The van der Waals surface area contributed by atoms with E-state index in [-0.39, 0.29) is 5.91 Å². The summed E-state index contributed by atoms with van der Waals surface area (Å²) in [6.45, 7) is 4.20. The van der Waals surface area contributed by atoms with Crippen LogP contribution in [0.25, 0.3) is 0 Å². The fourth-order valence-corrected chi connectivity index (χ4v) is 4.87. The molecule has 2 aliphatic heterocycles. The van der Waals surface area contributed by atoms with Crippen LogP contribution >= 0.6 is 0 Å². The third-order valence-electron chi connectivity index (χ3n) is 5.03. The fourth-order valence-electron chi connectivity index (χ4n) is 3.29. The van der Waals surface area contributed by atoms with Gasteiger partial charge in [-0.05, 0) is 25.6 Å². The van der Waals surface area contributed by atoms with E-state index in [2.05, 4.69) is 9.88 Å². The lowest BCUT2D eigenvalue weighted by Crippen LogP contribution is -2.57. The smallest absolute Gasteiger partial charge is 0.282 e. The first-order valence-corrected chi connectivity index (χ1v) is 10.5. The second-order valence-electron chi connectivity index (χ2n) is 6.81. The van der Waals surface area contributed by atoms with Gasteiger partial charge < -0.3 is 9.80 Å². The standard InChI is InChI=1S/C17H27N5O3S/c1-19-8-12-21(13-9-19)26(24,25)22-14-10-20(11-15-22)17(23)6-5-16-4-2-3-7-18-16/h2-4,7H,5-6,8-15H2,1H3. The van der Waals surface area contributed by atoms with Crippen molar-refractivity contribution < 1.29 is 13.2 Å². The fraction of sp³-hybridized carbons (Fsp3) is 0.647. The lowest BCUT2D eigenvalue weighted by Gasteiger charge is -2.39. The predicted octanol–water partition coefficient (Wildman–Crippen LogP) is -0.349. The zero-order valence-corrected chi connectivity index (χ0v) is 16.1. The number of likely N-dealkylation sites (N-methyl/N-ethyl adjacent to an activating group) is 1. The molecule has 1 aromatic rings. The molecule has 26 heavy (non-hydrogen) atoms. The summed E-state index contributed by atoms with van der Waals surface area (Å²) in [6, 6.07) is 5.67. The number of amides is 1. The van der Waals surface area contributed by atoms with Crippen molar-refractivity contribution in [1.29, 1.82) is 0 Å². The van der Waals surface area contributed by atoms with E-state index in [0.717, 1.165) is 18.8 Å². The lowest BCUT2D eigenvalue weighted by atomic mass is 10.2. The Bertz CT molecular complexity index is 696. The Morgan fingerprint density at radius 3 is 2.19 bits per heavy atom. The number of nitrogens with zero attached hydrogens (tertiary/aromatic N) is 5. The van der Waals surface area contributed by atoms with Crippen LogP contribution in [-0.4, -0.2) is 97.1 Å². The normalized spacial score (nSPS) is 21.0. The highest BCUT2D eigenvalue weighted by molar-refractivity contribution is 7.86. The summed E-state index contributed by atoms with van der Waals surface area (Å²) in [5.74, 6) is 0.0623. The van der Waals surface area contributed by atoms with Gasteiger partial charge in [0.15, 0.2) is 0 Å². The van der Waals surface area contributed by atoms with Crippen LogP contribution in [0, 0.1) is 0 Å². The second-order valence-corrected chi connectivity index (χ2v) is 8.74. The SMILES string of the molecule is CN1CCN(S(=O)(=O)N2CCN(C(=O)CCc3ccccn3)CC2)CC1. The third-order valence-corrected chi connectivity index (χ3v) is 7.06. The van der Waals surface area contributed by atoms with Crippen LogP contribution in [0.5, 0.6) is 0 Å². The molecule has 2 aliphatic rings. The van der Waals surface area contributed by atoms with Crippen molar-refractivity contribution in [1.82, 2.24) is 23.4 Å². The van der Waals surface area contributed by atoms with Crippen LogP contribution < -0.4 is 0 Å². The molecule has 0 saturated carbocycles. The van der Waals surface area contributed by atoms with E-state index in [9.17, 15) is 13.2 Å². The topological polar surface area (TPSA) is 77.1 Å². The minimum atomic E-state index is -3.42. The Morgan fingerprint density at radius 1 is 1.00 bits per heavy atom. The van der Waals surface area contributed by atoms with Crippen LogP contribution in [-0.2, 0) is 21.4 Å². The highest BCUT2D eigenvalue weighted by Gasteiger charge is 2.34. The van der Waals surface area contributed by atoms with Crippen molar-refractivity contribution in [3.05, 3.63) is 30.1 Å². The molecule has 0 unspecified atom stereocenters. The molecule has 0 N–H and O–H groups in total. The number of hydrogen-bond acceptors (Lipinski definition) is 5. The summed E-state index contributed by atoms with van der Waals surface area (Å²) in [4.78, 5) is 20.5. The molecule has 144 valence electrons. The molecule has 0 atom stereocenters. The third kappa shape index (κ3) is 4.59. The molecule has 1 aromatic heterocycles. The molecule has 0 aromatic carbocycles. The first-order valence-electron chi connectivity index (χ1n) is 9.08. The molecule has 1 amide bonds. The maximum Gasteiger partial charge on any atom is 0.282 e. The summed E-state index contributed by atoms with van der Waals surface area (Å²) < 4.78 is 28.6. The molecule has 8 nitrogen and oxygen atoms in total. The Labute approximate surface area is 155 Å². The van der Waals surface area contributed by atoms with Gasteiger partial charge in [0.25, 0.3) is 10.2 Å². The second kappa shape index (κ2) is 8.43. The zero-order valence-electron chi connectivity index (χ0n) is 15.2. The van der Waals surface area contributed by atoms with Crippen LogP contribution in [0.1, 0.15) is 12.1 Å². The van der Waals surface area contributed by atoms with Gasteiger partial charge >= 0.3 is 0 Å². The molecule has 3 heterocycles. The van der Waals surface area contributed by atoms with E-state index in [1.165, 1.54) is 4.31 Å². The minimum absolute atomic E-state index is 0.0623. The Kier molecular flexibility index (Phi) is 6.23. The molecule has 2 fully saturated rings. The lowest BCUT2D eigenvalue weighted by molar-refractivity contribution is -0.132. The maximum atomic E-state index is 12.8. The first-order chi connectivity index (χ1) is 12.5. The predicted molar refractivity (Wildman–Crippen MR) is 98.7 cm³/mol. The van der Waals surface area contributed by atoms with Gasteiger partial charge in [0, 0.05) is 70.7 Å². The van der Waals surface area contributed by atoms with Crippen LogP contribution in [0.2, 0.25) is 0 Å². The zero-order chi connectivity index (χ0) is 18.6. The number of piperazine rings is 2. The monoisotopic (exact) mass is 381 g/mol. The molecule has 0 aliphatic carbocycles. The van der Waals surface area contributed by atoms with Crippen molar-refractivity contribution in [2.75, 3.05) is 59.4 Å². The molecular formula is C17H27N5O3S. The van der Waals surface area contributed by atoms with Crippen molar-refractivity contribution in [3.63, 3.8) is 0 Å². The molecular weight excluding hydrogens is 354 g/mol. The van der Waals surface area contributed by atoms with Crippen LogP contribution in [0.15, 0.2) is 24.4 Å². The first kappa shape index (κ1) is 19.2. The number of hydrogen-bond donors (Lipinski definition) is 0. The van der Waals surface area contributed by atoms with E-state index in [4.69, 9.17) is 0 Å². The number of pyridine rings is 1. The highest BCUT2D eigenvalue weighted by atomic mass is 32.2. The molecule has 3 rings (SSSR count). The molecule has 0 spiro atoms. The summed E-state index contributed by atoms with van der Waals surface area (Å²) in [5, 5.41) is 0. The number of carbonyl (C=O) groups excluding carboxylic acids is 1. The summed E-state index contributed by atoms with van der Waals surface area (Å²) in [5.41, 5.74) is 0.900. The highest BCUT2D eigenvalue weighted by Crippen LogP contribution is 2.15. The molecule has 9 heteroatoms. The summed E-state index contributed by atoms with van der Waals surface area (Å²) in [6.07, 6.45) is 2.74. The average molecular weight is 382 g/mol. The Hall–Kier alpha value is -1.55. The van der Waals surface area contributed by atoms with E-state index in [1.54, 1.807) is 15.4 Å². The molecule has 2 saturated heterocycles. The van der Waals surface area contributed by atoms with E-state index < -0.39 is 10.2 Å². The molecule has 0 bridgehead atoms. The van der Waals surface area contributed by atoms with Gasteiger partial charge in [-0.15, -0.1) is 0 Å². The van der Waals surface area contributed by atoms with Crippen molar-refractivity contribution in [3.8, 4) is 0 Å². The van der Waals surface area contributed by atoms with Gasteiger partial charge in [-0.25, -0.2) is 0 Å². The summed E-state index contributed by atoms with van der Waals surface area (Å²) >= 11 is 0. The van der Waals surface area contributed by atoms with Crippen LogP contribution in [0.4, 0.5) is 0 Å². The van der Waals surface area contributed by atoms with Crippen molar-refractivity contribution in [2.45, 2.75) is 12.8 Å². The van der Waals surface area contributed by atoms with Crippen molar-refractivity contribution >= 4 is 16.1 Å². The average Bonchev–Trinajstić information content (AvgIpc) is 2.67. The quantitative estimate of drug-likeness (QED) is 0.697. The maximum absolute atomic E-state index is 12.8. The Balaban J connectivity index is 1.48. The van der Waals surface area contributed by atoms with Gasteiger partial charge in [0.1, 0.15) is 0 Å². The number of aryl methyl sites for hydroxylation is 1. The van der Waals surface area contributed by atoms with E-state index in [0.29, 0.717) is 52.1 Å². The van der Waals surface area contributed by atoms with E-state index >= 15 is 0 Å². The summed E-state index contributed by atoms with van der Waals surface area (Å²) in [7, 11) is -1.42. The number of aromatic nitrogens is 1. The molecule has 0 radical (unpaired) electrons. The van der Waals surface area contributed by atoms with E-state index in [1.807, 2.05) is 25.2 Å². The number of rotatable bonds is 5. The van der Waals surface area contributed by atoms with Crippen LogP contribution in [0.3, 0.4) is 0 Å². The number of carbonyl (C=O) groups is 1. The van der Waals surface area contributed by atoms with Gasteiger partial charge in [-0.1, -0.05) is 6.07 Å². The van der Waals surface area contributed by atoms with Gasteiger partial charge in [0.05, 0.1) is 0 Å². The minimum Gasteiger partial charge on any atom is -0.340 e. The largest absolute Gasteiger partial charge is 0.340 e. The van der Waals surface area contributed by atoms with Crippen molar-refractivity contribution in [2.24, 2.45) is 0 Å². The van der Waals surface area contributed by atoms with Gasteiger partial charge in [-0.2, -0.15) is 17.0 Å². The Morgan fingerprint density at radius 2 is 1.62 bits per heavy atom. The van der Waals surface area contributed by atoms with Gasteiger partial charge in [-0.3, -0.25) is 9.78 Å².